The van der Waals surface area contributed by atoms with Crippen molar-refractivity contribution in [2.45, 2.75) is 37.6 Å². The Balaban J connectivity index is 1.80. The van der Waals surface area contributed by atoms with Crippen LogP contribution in [0.1, 0.15) is 37.4 Å². The van der Waals surface area contributed by atoms with Crippen molar-refractivity contribution in [3.05, 3.63) is 5.82 Å². The maximum Gasteiger partial charge on any atom is 0.242 e. The van der Waals surface area contributed by atoms with E-state index in [4.69, 9.17) is 15.2 Å². The fraction of sp³-hybridized carbons (Fsp3) is 0.692. The van der Waals surface area contributed by atoms with E-state index < -0.39 is 0 Å². The highest BCUT2D eigenvalue weighted by Gasteiger charge is 2.30. The Morgan fingerprint density at radius 1 is 1.21 bits per heavy atom. The minimum absolute atomic E-state index is 0.449. The predicted molar refractivity (Wildman–Crippen MR) is 72.4 cm³/mol. The molecule has 1 heterocycles. The number of ether oxygens (including phenoxy) is 2. The molecule has 1 aromatic heterocycles. The van der Waals surface area contributed by atoms with Gasteiger partial charge in [0.2, 0.25) is 5.88 Å². The molecule has 0 radical (unpaired) electrons. The molecule has 0 unspecified atom stereocenters. The molecule has 104 valence electrons. The maximum atomic E-state index is 6.08. The second-order valence-corrected chi connectivity index (χ2v) is 5.18. The zero-order valence-electron chi connectivity index (χ0n) is 11.2. The molecule has 0 spiro atoms. The molecule has 0 bridgehead atoms. The summed E-state index contributed by atoms with van der Waals surface area (Å²) in [7, 11) is 1.64. The minimum atomic E-state index is 0.449. The summed E-state index contributed by atoms with van der Waals surface area (Å²) in [5.74, 6) is 2.54. The molecule has 1 aromatic rings. The normalized spacial score (nSPS) is 18.4. The monoisotopic (exact) mass is 264 g/mol. The number of rotatable bonds is 7. The van der Waals surface area contributed by atoms with Crippen LogP contribution < -0.4 is 15.8 Å². The highest BCUT2D eigenvalue weighted by Crippen LogP contribution is 2.41. The molecule has 2 fully saturated rings. The topological polar surface area (TPSA) is 82.3 Å². The van der Waals surface area contributed by atoms with Gasteiger partial charge in [-0.05, 0) is 25.7 Å². The summed E-state index contributed by atoms with van der Waals surface area (Å²) in [4.78, 5) is 8.99. The first kappa shape index (κ1) is 12.5. The van der Waals surface area contributed by atoms with Crippen LogP contribution in [-0.2, 0) is 4.74 Å². The van der Waals surface area contributed by atoms with Gasteiger partial charge in [0.25, 0.3) is 0 Å². The Bertz CT molecular complexity index is 458. The maximum absolute atomic E-state index is 6.08. The van der Waals surface area contributed by atoms with Crippen molar-refractivity contribution in [3.8, 4) is 5.88 Å². The molecule has 2 saturated carbocycles. The number of hydrogen-bond acceptors (Lipinski definition) is 6. The van der Waals surface area contributed by atoms with E-state index in [1.807, 2.05) is 0 Å². The second kappa shape index (κ2) is 5.21. The number of nitrogens with one attached hydrogen (secondary N) is 1. The van der Waals surface area contributed by atoms with E-state index in [0.717, 1.165) is 24.5 Å². The highest BCUT2D eigenvalue weighted by molar-refractivity contribution is 5.67. The SMILES string of the molecule is COCCOc1nc(C2CC2)nc(NC2CC2)c1N. The van der Waals surface area contributed by atoms with E-state index in [1.54, 1.807) is 7.11 Å². The van der Waals surface area contributed by atoms with Crippen molar-refractivity contribution in [2.24, 2.45) is 0 Å². The summed E-state index contributed by atoms with van der Waals surface area (Å²) in [5.41, 5.74) is 6.58. The number of methoxy groups -OCH3 is 1. The van der Waals surface area contributed by atoms with Crippen LogP contribution in [-0.4, -0.2) is 36.3 Å². The van der Waals surface area contributed by atoms with Crippen molar-refractivity contribution in [2.75, 3.05) is 31.4 Å². The van der Waals surface area contributed by atoms with Gasteiger partial charge < -0.3 is 20.5 Å². The van der Waals surface area contributed by atoms with Crippen molar-refractivity contribution in [1.29, 1.82) is 0 Å². The molecular formula is C13H20N4O2. The van der Waals surface area contributed by atoms with Crippen molar-refractivity contribution in [3.63, 3.8) is 0 Å². The lowest BCUT2D eigenvalue weighted by Crippen LogP contribution is -2.13. The van der Waals surface area contributed by atoms with E-state index in [9.17, 15) is 0 Å². The van der Waals surface area contributed by atoms with E-state index in [0.29, 0.717) is 36.7 Å². The molecule has 0 atom stereocenters. The Kier molecular flexibility index (Phi) is 3.42. The first-order chi connectivity index (χ1) is 9.28. The summed E-state index contributed by atoms with van der Waals surface area (Å²) < 4.78 is 10.6. The Hall–Kier alpha value is -1.56. The van der Waals surface area contributed by atoms with Gasteiger partial charge in [-0.3, -0.25) is 0 Å². The molecular weight excluding hydrogens is 244 g/mol. The van der Waals surface area contributed by atoms with Gasteiger partial charge in [0.1, 0.15) is 18.1 Å². The standard InChI is InChI=1S/C13H20N4O2/c1-18-6-7-19-13-10(14)12(15-9-4-5-9)16-11(17-13)8-2-3-8/h8-9H,2-7,14H2,1H3,(H,15,16,17). The highest BCUT2D eigenvalue weighted by atomic mass is 16.5. The molecule has 0 aromatic carbocycles. The summed E-state index contributed by atoms with van der Waals surface area (Å²) in [6, 6.07) is 0.510. The molecule has 19 heavy (non-hydrogen) atoms. The zero-order chi connectivity index (χ0) is 13.2. The van der Waals surface area contributed by atoms with Crippen LogP contribution in [0.2, 0.25) is 0 Å². The summed E-state index contributed by atoms with van der Waals surface area (Å²) in [5, 5.41) is 3.35. The third-order valence-corrected chi connectivity index (χ3v) is 3.31. The van der Waals surface area contributed by atoms with Crippen LogP contribution in [0.15, 0.2) is 0 Å². The van der Waals surface area contributed by atoms with Crippen LogP contribution in [0.3, 0.4) is 0 Å². The van der Waals surface area contributed by atoms with Crippen molar-refractivity contribution in [1.82, 2.24) is 9.97 Å². The first-order valence-electron chi connectivity index (χ1n) is 6.83. The zero-order valence-corrected chi connectivity index (χ0v) is 11.2. The largest absolute Gasteiger partial charge is 0.474 e. The van der Waals surface area contributed by atoms with Gasteiger partial charge in [0.15, 0.2) is 5.82 Å². The Labute approximate surface area is 112 Å². The summed E-state index contributed by atoms with van der Waals surface area (Å²) in [6.07, 6.45) is 4.68. The quantitative estimate of drug-likeness (QED) is 0.727. The minimum Gasteiger partial charge on any atom is -0.474 e. The number of nitrogen functional groups attached to an aromatic ring is 1. The van der Waals surface area contributed by atoms with E-state index in [1.165, 1.54) is 12.8 Å². The van der Waals surface area contributed by atoms with Gasteiger partial charge in [-0.1, -0.05) is 0 Å². The van der Waals surface area contributed by atoms with Crippen LogP contribution in [0.25, 0.3) is 0 Å². The fourth-order valence-electron chi connectivity index (χ4n) is 1.85. The molecule has 6 nitrogen and oxygen atoms in total. The van der Waals surface area contributed by atoms with Crippen LogP contribution in [0.5, 0.6) is 5.88 Å². The molecule has 3 rings (SSSR count). The third kappa shape index (κ3) is 3.07. The fourth-order valence-corrected chi connectivity index (χ4v) is 1.85. The van der Waals surface area contributed by atoms with E-state index in [2.05, 4.69) is 15.3 Å². The number of hydrogen-bond donors (Lipinski definition) is 2. The molecule has 0 saturated heterocycles. The van der Waals surface area contributed by atoms with Crippen LogP contribution >= 0.6 is 0 Å². The third-order valence-electron chi connectivity index (χ3n) is 3.31. The van der Waals surface area contributed by atoms with E-state index in [-0.39, 0.29) is 0 Å². The smallest absolute Gasteiger partial charge is 0.242 e. The lowest BCUT2D eigenvalue weighted by Gasteiger charge is -2.13. The van der Waals surface area contributed by atoms with E-state index >= 15 is 0 Å². The molecule has 2 aliphatic rings. The molecule has 3 N–H and O–H groups in total. The van der Waals surface area contributed by atoms with Gasteiger partial charge in [0, 0.05) is 19.1 Å². The molecule has 0 amide bonds. The number of nitrogens with zero attached hydrogens (tertiary/aromatic N) is 2. The number of anilines is 2. The Morgan fingerprint density at radius 3 is 2.63 bits per heavy atom. The van der Waals surface area contributed by atoms with Crippen LogP contribution in [0.4, 0.5) is 11.5 Å². The lowest BCUT2D eigenvalue weighted by atomic mass is 10.3. The van der Waals surface area contributed by atoms with Crippen molar-refractivity contribution < 1.29 is 9.47 Å². The van der Waals surface area contributed by atoms with Gasteiger partial charge in [-0.15, -0.1) is 0 Å². The van der Waals surface area contributed by atoms with Gasteiger partial charge in [-0.25, -0.2) is 4.98 Å². The Morgan fingerprint density at radius 2 is 2.00 bits per heavy atom. The molecule has 0 aliphatic heterocycles. The van der Waals surface area contributed by atoms with Crippen LogP contribution in [0, 0.1) is 0 Å². The van der Waals surface area contributed by atoms with Crippen molar-refractivity contribution >= 4 is 11.5 Å². The predicted octanol–water partition coefficient (Wildman–Crippen LogP) is 1.54. The summed E-state index contributed by atoms with van der Waals surface area (Å²) in [6.45, 7) is 0.971. The average molecular weight is 264 g/mol. The van der Waals surface area contributed by atoms with Gasteiger partial charge in [0.05, 0.1) is 6.61 Å². The average Bonchev–Trinajstić information content (AvgIpc) is 3.27. The number of nitrogens with two attached hydrogens (primary N) is 1. The summed E-state index contributed by atoms with van der Waals surface area (Å²) >= 11 is 0. The lowest BCUT2D eigenvalue weighted by molar-refractivity contribution is 0.144. The number of aromatic nitrogens is 2. The molecule has 2 aliphatic carbocycles. The van der Waals surface area contributed by atoms with Gasteiger partial charge in [-0.2, -0.15) is 4.98 Å². The van der Waals surface area contributed by atoms with Gasteiger partial charge >= 0.3 is 0 Å². The molecule has 6 heteroatoms. The first-order valence-corrected chi connectivity index (χ1v) is 6.83. The second-order valence-electron chi connectivity index (χ2n) is 5.18.